The number of ether oxygens (including phenoxy) is 3. The molecule has 0 saturated carbocycles. The van der Waals surface area contributed by atoms with E-state index >= 15 is 0 Å². The molecule has 184 valence electrons. The van der Waals surface area contributed by atoms with Crippen LogP contribution >= 0.6 is 7.75 Å². The molecule has 2 heterocycles. The van der Waals surface area contributed by atoms with Crippen LogP contribution in [0.15, 0.2) is 54.9 Å². The molecule has 1 fully saturated rings. The fourth-order valence-electron chi connectivity index (χ4n) is 2.95. The van der Waals surface area contributed by atoms with Crippen LogP contribution in [-0.4, -0.2) is 71.5 Å². The van der Waals surface area contributed by atoms with Gasteiger partial charge in [-0.25, -0.2) is 9.36 Å². The van der Waals surface area contributed by atoms with Crippen molar-refractivity contribution >= 4 is 19.7 Å². The lowest BCUT2D eigenvalue weighted by atomic mass is 10.1. The lowest BCUT2D eigenvalue weighted by molar-refractivity contribution is -0.142. The molecule has 1 aliphatic heterocycles. The van der Waals surface area contributed by atoms with E-state index in [1.54, 1.807) is 18.2 Å². The standard InChI is InChI=1S/C21H25N2O10P/c1-13(19(26)29-2)23-34(28,33-15-8-4-3-5-9-15)30-12-16-17(24)18(25)21(31-16)32-20(27)14-7-6-10-22-11-14/h3-11,13,16-18,21,24-25H,12H2,1-2H3,(H,23,28)/t13-,16+,17+,18+,21-,34-/m0/s1. The number of aliphatic hydroxyl groups is 2. The highest BCUT2D eigenvalue weighted by Crippen LogP contribution is 2.45. The summed E-state index contributed by atoms with van der Waals surface area (Å²) in [6.07, 6.45) is -3.12. The number of pyridine rings is 1. The Balaban J connectivity index is 1.66. The average Bonchev–Trinajstić information content (AvgIpc) is 3.11. The molecule has 6 atom stereocenters. The number of methoxy groups -OCH3 is 1. The van der Waals surface area contributed by atoms with Crippen molar-refractivity contribution in [2.75, 3.05) is 13.7 Å². The zero-order valence-electron chi connectivity index (χ0n) is 18.3. The number of nitrogens with one attached hydrogen (secondary N) is 1. The van der Waals surface area contributed by atoms with Gasteiger partial charge in [-0.15, -0.1) is 0 Å². The third kappa shape index (κ3) is 6.60. The molecule has 0 amide bonds. The molecule has 2 aromatic rings. The zero-order chi connectivity index (χ0) is 24.7. The lowest BCUT2D eigenvalue weighted by Crippen LogP contribution is -2.37. The topological polar surface area (TPSA) is 163 Å². The van der Waals surface area contributed by atoms with Crippen molar-refractivity contribution < 1.29 is 47.6 Å². The van der Waals surface area contributed by atoms with Crippen LogP contribution in [0.4, 0.5) is 0 Å². The van der Waals surface area contributed by atoms with Crippen LogP contribution < -0.4 is 9.61 Å². The van der Waals surface area contributed by atoms with Crippen molar-refractivity contribution in [1.29, 1.82) is 0 Å². The molecule has 3 N–H and O–H groups in total. The van der Waals surface area contributed by atoms with Gasteiger partial charge in [0.2, 0.25) is 6.29 Å². The van der Waals surface area contributed by atoms with E-state index in [-0.39, 0.29) is 11.3 Å². The largest absolute Gasteiger partial charge is 0.468 e. The lowest BCUT2D eigenvalue weighted by Gasteiger charge is -2.24. The first-order chi connectivity index (χ1) is 16.2. The number of para-hydroxylation sites is 1. The number of nitrogens with zero attached hydrogens (tertiary/aromatic N) is 1. The summed E-state index contributed by atoms with van der Waals surface area (Å²) >= 11 is 0. The first kappa shape index (κ1) is 25.8. The number of hydrogen-bond donors (Lipinski definition) is 3. The van der Waals surface area contributed by atoms with E-state index in [9.17, 15) is 24.4 Å². The summed E-state index contributed by atoms with van der Waals surface area (Å²) in [5, 5.41) is 23.0. The summed E-state index contributed by atoms with van der Waals surface area (Å²) in [6, 6.07) is 9.99. The minimum Gasteiger partial charge on any atom is -0.468 e. The fraction of sp³-hybridized carbons (Fsp3) is 0.381. The fourth-order valence-corrected chi connectivity index (χ4v) is 4.46. The second-order valence-corrected chi connectivity index (χ2v) is 8.94. The highest BCUT2D eigenvalue weighted by atomic mass is 31.2. The normalized spacial score (nSPS) is 24.6. The van der Waals surface area contributed by atoms with Gasteiger partial charge in [0, 0.05) is 12.4 Å². The molecule has 1 aliphatic rings. The first-order valence-electron chi connectivity index (χ1n) is 10.2. The minimum absolute atomic E-state index is 0.120. The predicted octanol–water partition coefficient (Wildman–Crippen LogP) is 1.04. The van der Waals surface area contributed by atoms with Crippen molar-refractivity contribution in [2.45, 2.75) is 37.6 Å². The molecule has 0 bridgehead atoms. The van der Waals surface area contributed by atoms with Crippen LogP contribution in [0.2, 0.25) is 0 Å². The summed E-state index contributed by atoms with van der Waals surface area (Å²) < 4.78 is 39.4. The summed E-state index contributed by atoms with van der Waals surface area (Å²) in [6.45, 7) is 0.860. The Morgan fingerprint density at radius 3 is 2.56 bits per heavy atom. The van der Waals surface area contributed by atoms with E-state index in [1.165, 1.54) is 50.7 Å². The second kappa shape index (κ2) is 11.5. The molecule has 0 aliphatic carbocycles. The van der Waals surface area contributed by atoms with Crippen molar-refractivity contribution in [3.8, 4) is 5.75 Å². The van der Waals surface area contributed by atoms with Crippen LogP contribution in [0.3, 0.4) is 0 Å². The third-order valence-electron chi connectivity index (χ3n) is 4.72. The van der Waals surface area contributed by atoms with Gasteiger partial charge in [0.1, 0.15) is 30.1 Å². The minimum atomic E-state index is -4.20. The quantitative estimate of drug-likeness (QED) is 0.317. The Morgan fingerprint density at radius 1 is 1.18 bits per heavy atom. The molecule has 12 nitrogen and oxygen atoms in total. The molecule has 13 heteroatoms. The number of rotatable bonds is 10. The molecular weight excluding hydrogens is 471 g/mol. The Morgan fingerprint density at radius 2 is 1.91 bits per heavy atom. The molecule has 1 aromatic heterocycles. The van der Waals surface area contributed by atoms with Gasteiger partial charge >= 0.3 is 19.7 Å². The summed E-state index contributed by atoms with van der Waals surface area (Å²) in [5.41, 5.74) is 0.120. The number of aliphatic hydroxyl groups excluding tert-OH is 2. The maximum Gasteiger partial charge on any atom is 0.459 e. The SMILES string of the molecule is COC(=O)[C@H](C)N[P@](=O)(OC[C@H]1O[C@@H](OC(=O)c2cccnc2)[C@H](O)[C@@H]1O)Oc1ccccc1. The van der Waals surface area contributed by atoms with Gasteiger partial charge < -0.3 is 28.9 Å². The van der Waals surface area contributed by atoms with Gasteiger partial charge in [-0.1, -0.05) is 18.2 Å². The Labute approximate surface area is 195 Å². The molecule has 0 spiro atoms. The third-order valence-corrected chi connectivity index (χ3v) is 6.37. The van der Waals surface area contributed by atoms with Crippen LogP contribution in [0.5, 0.6) is 5.75 Å². The van der Waals surface area contributed by atoms with Crippen molar-refractivity contribution in [3.05, 3.63) is 60.4 Å². The monoisotopic (exact) mass is 496 g/mol. The number of hydrogen-bond acceptors (Lipinski definition) is 11. The van der Waals surface area contributed by atoms with Gasteiger partial charge in [-0.2, -0.15) is 5.09 Å². The molecule has 0 radical (unpaired) electrons. The van der Waals surface area contributed by atoms with E-state index in [4.69, 9.17) is 18.5 Å². The van der Waals surface area contributed by atoms with Crippen molar-refractivity contribution in [1.82, 2.24) is 10.1 Å². The smallest absolute Gasteiger partial charge is 0.459 e. The van der Waals surface area contributed by atoms with Gasteiger partial charge in [0.05, 0.1) is 19.3 Å². The predicted molar refractivity (Wildman–Crippen MR) is 116 cm³/mol. The van der Waals surface area contributed by atoms with E-state index in [0.717, 1.165) is 0 Å². The van der Waals surface area contributed by atoms with E-state index < -0.39 is 56.9 Å². The molecule has 1 aromatic carbocycles. The summed E-state index contributed by atoms with van der Waals surface area (Å²) in [7, 11) is -3.03. The van der Waals surface area contributed by atoms with Crippen LogP contribution in [-0.2, 0) is 28.1 Å². The first-order valence-corrected chi connectivity index (χ1v) is 11.7. The molecule has 34 heavy (non-hydrogen) atoms. The van der Waals surface area contributed by atoms with E-state index in [2.05, 4.69) is 14.8 Å². The highest BCUT2D eigenvalue weighted by molar-refractivity contribution is 7.52. The van der Waals surface area contributed by atoms with Crippen LogP contribution in [0.1, 0.15) is 17.3 Å². The van der Waals surface area contributed by atoms with Gasteiger partial charge in [0.25, 0.3) is 0 Å². The number of aromatic nitrogens is 1. The van der Waals surface area contributed by atoms with Gasteiger partial charge in [-0.05, 0) is 31.2 Å². The number of carbonyl (C=O) groups excluding carboxylic acids is 2. The van der Waals surface area contributed by atoms with Crippen LogP contribution in [0, 0.1) is 0 Å². The van der Waals surface area contributed by atoms with Crippen molar-refractivity contribution in [2.24, 2.45) is 0 Å². The summed E-state index contributed by atoms with van der Waals surface area (Å²) in [4.78, 5) is 27.8. The summed E-state index contributed by atoms with van der Waals surface area (Å²) in [5.74, 6) is -1.35. The zero-order valence-corrected chi connectivity index (χ0v) is 19.2. The van der Waals surface area contributed by atoms with Gasteiger partial charge in [0.15, 0.2) is 0 Å². The van der Waals surface area contributed by atoms with E-state index in [1.807, 2.05) is 0 Å². The van der Waals surface area contributed by atoms with Crippen LogP contribution in [0.25, 0.3) is 0 Å². The Hall–Kier alpha value is -2.86. The Kier molecular flexibility index (Phi) is 8.72. The van der Waals surface area contributed by atoms with Crippen molar-refractivity contribution in [3.63, 3.8) is 0 Å². The number of esters is 2. The highest BCUT2D eigenvalue weighted by Gasteiger charge is 2.46. The molecular formula is C21H25N2O10P. The number of carbonyl (C=O) groups is 2. The second-order valence-electron chi connectivity index (χ2n) is 7.24. The molecule has 1 saturated heterocycles. The average molecular weight is 496 g/mol. The molecule has 3 rings (SSSR count). The van der Waals surface area contributed by atoms with Gasteiger partial charge in [-0.3, -0.25) is 14.3 Å². The van der Waals surface area contributed by atoms with E-state index in [0.29, 0.717) is 0 Å². The maximum absolute atomic E-state index is 13.3. The molecule has 0 unspecified atom stereocenters. The Bertz CT molecular complexity index is 1010. The number of benzene rings is 1. The maximum atomic E-state index is 13.3.